The Morgan fingerprint density at radius 2 is 2.18 bits per heavy atom. The SMILES string of the molecule is O=C(NC1(CO)CCCC1)c1cccc(Cl)n1. The number of nitrogens with one attached hydrogen (secondary N) is 1. The van der Waals surface area contributed by atoms with Crippen LogP contribution >= 0.6 is 11.6 Å². The summed E-state index contributed by atoms with van der Waals surface area (Å²) in [6.07, 6.45) is 3.69. The molecule has 0 aliphatic heterocycles. The molecule has 0 saturated heterocycles. The number of hydrogen-bond acceptors (Lipinski definition) is 3. The third-order valence-electron chi connectivity index (χ3n) is 3.19. The third-order valence-corrected chi connectivity index (χ3v) is 3.40. The van der Waals surface area contributed by atoms with E-state index in [1.807, 2.05) is 0 Å². The smallest absolute Gasteiger partial charge is 0.270 e. The molecule has 0 bridgehead atoms. The summed E-state index contributed by atoms with van der Waals surface area (Å²) in [5, 5.41) is 12.6. The van der Waals surface area contributed by atoms with E-state index in [0.29, 0.717) is 5.15 Å². The maximum Gasteiger partial charge on any atom is 0.270 e. The van der Waals surface area contributed by atoms with Gasteiger partial charge in [0.15, 0.2) is 0 Å². The van der Waals surface area contributed by atoms with Crippen molar-refractivity contribution in [3.63, 3.8) is 0 Å². The molecule has 2 N–H and O–H groups in total. The molecule has 1 heterocycles. The van der Waals surface area contributed by atoms with Crippen molar-refractivity contribution < 1.29 is 9.90 Å². The predicted molar refractivity (Wildman–Crippen MR) is 65.0 cm³/mol. The van der Waals surface area contributed by atoms with Crippen molar-refractivity contribution in [3.8, 4) is 0 Å². The third kappa shape index (κ3) is 2.76. The number of halogens is 1. The van der Waals surface area contributed by atoms with E-state index in [2.05, 4.69) is 10.3 Å². The van der Waals surface area contributed by atoms with Crippen LogP contribution in [0.2, 0.25) is 5.15 Å². The Labute approximate surface area is 105 Å². The molecule has 1 fully saturated rings. The highest BCUT2D eigenvalue weighted by Gasteiger charge is 2.35. The van der Waals surface area contributed by atoms with Gasteiger partial charge in [-0.15, -0.1) is 0 Å². The van der Waals surface area contributed by atoms with Gasteiger partial charge in [-0.1, -0.05) is 30.5 Å². The number of rotatable bonds is 3. The Bertz CT molecular complexity index is 417. The second-order valence-electron chi connectivity index (χ2n) is 4.45. The van der Waals surface area contributed by atoms with Gasteiger partial charge in [0.05, 0.1) is 12.1 Å². The zero-order valence-corrected chi connectivity index (χ0v) is 10.2. The van der Waals surface area contributed by atoms with Gasteiger partial charge in [-0.3, -0.25) is 4.79 Å². The molecule has 1 aromatic rings. The fourth-order valence-corrected chi connectivity index (χ4v) is 2.38. The average Bonchev–Trinajstić information content (AvgIpc) is 2.78. The quantitative estimate of drug-likeness (QED) is 0.808. The number of pyridine rings is 1. The second kappa shape index (κ2) is 5.02. The maximum atomic E-state index is 12.0. The molecule has 17 heavy (non-hydrogen) atoms. The van der Waals surface area contributed by atoms with Gasteiger partial charge in [-0.25, -0.2) is 4.98 Å². The Balaban J connectivity index is 2.11. The van der Waals surface area contributed by atoms with Crippen LogP contribution in [0.1, 0.15) is 36.2 Å². The first-order chi connectivity index (χ1) is 8.15. The van der Waals surface area contributed by atoms with Crippen LogP contribution in [-0.4, -0.2) is 28.1 Å². The molecule has 1 aliphatic rings. The standard InChI is InChI=1S/C12H15ClN2O2/c13-10-5-3-4-9(14-10)11(17)15-12(8-16)6-1-2-7-12/h3-5,16H,1-2,6-8H2,(H,15,17). The number of amides is 1. The lowest BCUT2D eigenvalue weighted by molar-refractivity contribution is 0.0833. The molecule has 0 atom stereocenters. The van der Waals surface area contributed by atoms with Crippen LogP contribution in [0.15, 0.2) is 18.2 Å². The fourth-order valence-electron chi connectivity index (χ4n) is 2.21. The van der Waals surface area contributed by atoms with Crippen LogP contribution in [0, 0.1) is 0 Å². The topological polar surface area (TPSA) is 62.2 Å². The van der Waals surface area contributed by atoms with Crippen molar-refractivity contribution in [2.24, 2.45) is 0 Å². The summed E-state index contributed by atoms with van der Waals surface area (Å²) in [7, 11) is 0. The van der Waals surface area contributed by atoms with Crippen LogP contribution in [-0.2, 0) is 0 Å². The molecule has 0 radical (unpaired) electrons. The van der Waals surface area contributed by atoms with E-state index < -0.39 is 5.54 Å². The molecule has 1 amide bonds. The molecular formula is C12H15ClN2O2. The zero-order valence-electron chi connectivity index (χ0n) is 9.45. The lowest BCUT2D eigenvalue weighted by atomic mass is 9.99. The molecule has 0 unspecified atom stereocenters. The van der Waals surface area contributed by atoms with Gasteiger partial charge in [0.1, 0.15) is 10.8 Å². The summed E-state index contributed by atoms with van der Waals surface area (Å²) in [6, 6.07) is 4.92. The molecule has 1 saturated carbocycles. The normalized spacial score (nSPS) is 18.0. The van der Waals surface area contributed by atoms with Gasteiger partial charge in [-0.2, -0.15) is 0 Å². The number of aliphatic hydroxyl groups excluding tert-OH is 1. The monoisotopic (exact) mass is 254 g/mol. The van der Waals surface area contributed by atoms with E-state index in [9.17, 15) is 9.90 Å². The summed E-state index contributed by atoms with van der Waals surface area (Å²) in [4.78, 5) is 15.9. The molecule has 4 nitrogen and oxygen atoms in total. The molecule has 5 heteroatoms. The molecule has 0 spiro atoms. The Kier molecular flexibility index (Phi) is 3.64. The van der Waals surface area contributed by atoms with Gasteiger partial charge in [0.2, 0.25) is 0 Å². The van der Waals surface area contributed by atoms with Crippen LogP contribution in [0.5, 0.6) is 0 Å². The molecule has 0 aromatic carbocycles. The number of aromatic nitrogens is 1. The minimum absolute atomic E-state index is 0.0285. The first-order valence-electron chi connectivity index (χ1n) is 5.71. The van der Waals surface area contributed by atoms with E-state index in [-0.39, 0.29) is 18.2 Å². The van der Waals surface area contributed by atoms with Gasteiger partial charge < -0.3 is 10.4 Å². The van der Waals surface area contributed by atoms with Gasteiger partial charge in [0.25, 0.3) is 5.91 Å². The molecule has 1 aliphatic carbocycles. The lowest BCUT2D eigenvalue weighted by Crippen LogP contribution is -2.49. The van der Waals surface area contributed by atoms with Crippen LogP contribution < -0.4 is 5.32 Å². The van der Waals surface area contributed by atoms with E-state index in [1.165, 1.54) is 0 Å². The van der Waals surface area contributed by atoms with Gasteiger partial charge >= 0.3 is 0 Å². The Morgan fingerprint density at radius 1 is 1.47 bits per heavy atom. The van der Waals surface area contributed by atoms with E-state index >= 15 is 0 Å². The van der Waals surface area contributed by atoms with Crippen LogP contribution in [0.4, 0.5) is 0 Å². The van der Waals surface area contributed by atoms with Crippen LogP contribution in [0.25, 0.3) is 0 Å². The largest absolute Gasteiger partial charge is 0.394 e. The van der Waals surface area contributed by atoms with Crippen molar-refractivity contribution in [2.75, 3.05) is 6.61 Å². The number of carbonyl (C=O) groups is 1. The van der Waals surface area contributed by atoms with E-state index in [4.69, 9.17) is 11.6 Å². The van der Waals surface area contributed by atoms with Crippen molar-refractivity contribution in [1.29, 1.82) is 0 Å². The van der Waals surface area contributed by atoms with E-state index in [1.54, 1.807) is 18.2 Å². The van der Waals surface area contributed by atoms with Crippen molar-refractivity contribution in [2.45, 2.75) is 31.2 Å². The molecular weight excluding hydrogens is 240 g/mol. The Morgan fingerprint density at radius 3 is 2.76 bits per heavy atom. The highest BCUT2D eigenvalue weighted by Crippen LogP contribution is 2.29. The fraction of sp³-hybridized carbons (Fsp3) is 0.500. The minimum Gasteiger partial charge on any atom is -0.394 e. The van der Waals surface area contributed by atoms with Gasteiger partial charge in [-0.05, 0) is 25.0 Å². The summed E-state index contributed by atoms with van der Waals surface area (Å²) in [5.74, 6) is -0.275. The summed E-state index contributed by atoms with van der Waals surface area (Å²) >= 11 is 5.73. The first-order valence-corrected chi connectivity index (χ1v) is 6.09. The highest BCUT2D eigenvalue weighted by molar-refractivity contribution is 6.29. The summed E-state index contributed by atoms with van der Waals surface area (Å²) in [6.45, 7) is -0.0285. The minimum atomic E-state index is -0.471. The number of hydrogen-bond donors (Lipinski definition) is 2. The number of nitrogens with zero attached hydrogens (tertiary/aromatic N) is 1. The average molecular weight is 255 g/mol. The molecule has 2 rings (SSSR count). The van der Waals surface area contributed by atoms with E-state index in [0.717, 1.165) is 25.7 Å². The number of carbonyl (C=O) groups excluding carboxylic acids is 1. The van der Waals surface area contributed by atoms with Crippen molar-refractivity contribution in [3.05, 3.63) is 29.0 Å². The van der Waals surface area contributed by atoms with Gasteiger partial charge in [0, 0.05) is 0 Å². The first kappa shape index (κ1) is 12.3. The summed E-state index contributed by atoms with van der Waals surface area (Å²) in [5.41, 5.74) is -0.182. The molecule has 92 valence electrons. The second-order valence-corrected chi connectivity index (χ2v) is 4.83. The lowest BCUT2D eigenvalue weighted by Gasteiger charge is -2.27. The van der Waals surface area contributed by atoms with Crippen molar-refractivity contribution >= 4 is 17.5 Å². The maximum absolute atomic E-state index is 12.0. The van der Waals surface area contributed by atoms with Crippen LogP contribution in [0.3, 0.4) is 0 Å². The van der Waals surface area contributed by atoms with Crippen molar-refractivity contribution in [1.82, 2.24) is 10.3 Å². The predicted octanol–water partition coefficient (Wildman–Crippen LogP) is 1.77. The highest BCUT2D eigenvalue weighted by atomic mass is 35.5. The Hall–Kier alpha value is -1.13. The summed E-state index contributed by atoms with van der Waals surface area (Å²) < 4.78 is 0. The number of aliphatic hydroxyl groups is 1. The molecule has 1 aromatic heterocycles. The zero-order chi connectivity index (χ0) is 12.3.